The molecule has 0 aromatic heterocycles. The summed E-state index contributed by atoms with van der Waals surface area (Å²) in [5, 5.41) is 1.48. The fourth-order valence-electron chi connectivity index (χ4n) is 0.726. The monoisotopic (exact) mass is 440 g/mol. The van der Waals surface area contributed by atoms with Crippen LogP contribution in [0.2, 0.25) is 0 Å². The molecular weight excluding hydrogens is 430 g/mol. The van der Waals surface area contributed by atoms with Crippen LogP contribution < -0.4 is 42.5 Å². The summed E-state index contributed by atoms with van der Waals surface area (Å²) < 4.78 is 0. The zero-order valence-electron chi connectivity index (χ0n) is 7.27. The van der Waals surface area contributed by atoms with E-state index in [1.165, 1.54) is 5.30 Å². The van der Waals surface area contributed by atoms with E-state index >= 15 is 0 Å². The molecule has 0 fully saturated rings. The van der Waals surface area contributed by atoms with Crippen LogP contribution in [0.5, 0.6) is 0 Å². The molecule has 0 saturated heterocycles. The van der Waals surface area contributed by atoms with Crippen molar-refractivity contribution < 1.29 is 59.6 Å². The van der Waals surface area contributed by atoms with Crippen LogP contribution in [0, 0.1) is 0 Å². The van der Waals surface area contributed by atoms with Gasteiger partial charge in [-0.05, 0) is 18.6 Å². The molecule has 13 heavy (non-hydrogen) atoms. The van der Waals surface area contributed by atoms with Crippen LogP contribution in [0.3, 0.4) is 0 Å². The topological polar surface area (TPSA) is 0 Å². The standard InChI is InChI=1S/C8H11P.Au.3ClH/c1-9(2)8-6-4-3-5-7-8;;;;/h3-7H,1-2H3;;3*1H/q;+3;;;/p-3. The fraction of sp³-hybridized carbons (Fsp3) is 0.250. The van der Waals surface area contributed by atoms with Crippen molar-refractivity contribution in [2.75, 3.05) is 13.3 Å². The molecule has 0 radical (unpaired) electrons. The maximum absolute atomic E-state index is 2.27. The summed E-state index contributed by atoms with van der Waals surface area (Å²) in [5.74, 6) is 0. The van der Waals surface area contributed by atoms with Gasteiger partial charge in [0.05, 0.1) is 0 Å². The quantitative estimate of drug-likeness (QED) is 0.300. The van der Waals surface area contributed by atoms with Gasteiger partial charge in [0.2, 0.25) is 0 Å². The first-order valence-corrected chi connectivity index (χ1v) is 5.26. The summed E-state index contributed by atoms with van der Waals surface area (Å²) >= 11 is 0. The molecule has 0 saturated carbocycles. The van der Waals surface area contributed by atoms with E-state index in [1.807, 2.05) is 0 Å². The van der Waals surface area contributed by atoms with Gasteiger partial charge in [-0.15, -0.1) is 0 Å². The number of rotatable bonds is 1. The second-order valence-electron chi connectivity index (χ2n) is 2.23. The molecule has 0 nitrogen and oxygen atoms in total. The molecule has 0 amide bonds. The van der Waals surface area contributed by atoms with E-state index < -0.39 is 0 Å². The molecule has 1 rings (SSSR count). The second-order valence-corrected chi connectivity index (χ2v) is 4.54. The number of benzene rings is 1. The Bertz CT molecular complexity index is 182. The zero-order valence-corrected chi connectivity index (χ0v) is 12.6. The zero-order chi connectivity index (χ0) is 6.69. The number of halogens is 3. The van der Waals surface area contributed by atoms with Crippen molar-refractivity contribution in [1.29, 1.82) is 0 Å². The van der Waals surface area contributed by atoms with E-state index in [2.05, 4.69) is 43.7 Å². The van der Waals surface area contributed by atoms with Gasteiger partial charge in [-0.25, -0.2) is 0 Å². The van der Waals surface area contributed by atoms with Gasteiger partial charge in [0, 0.05) is 0 Å². The first-order valence-electron chi connectivity index (χ1n) is 3.03. The molecule has 0 aliphatic rings. The van der Waals surface area contributed by atoms with E-state index in [1.54, 1.807) is 0 Å². The average molecular weight is 441 g/mol. The van der Waals surface area contributed by atoms with Gasteiger partial charge in [-0.2, -0.15) is 0 Å². The molecule has 80 valence electrons. The molecule has 1 aromatic carbocycles. The number of hydrogen-bond donors (Lipinski definition) is 0. The first kappa shape index (κ1) is 23.8. The summed E-state index contributed by atoms with van der Waals surface area (Å²) in [6.07, 6.45) is 0. The Morgan fingerprint density at radius 1 is 0.846 bits per heavy atom. The van der Waals surface area contributed by atoms with E-state index in [4.69, 9.17) is 0 Å². The van der Waals surface area contributed by atoms with Gasteiger partial charge in [0.25, 0.3) is 0 Å². The molecule has 0 unspecified atom stereocenters. The minimum Gasteiger partial charge on any atom is -1.00 e. The summed E-state index contributed by atoms with van der Waals surface area (Å²) in [7, 11) is 0.104. The van der Waals surface area contributed by atoms with Gasteiger partial charge in [0.15, 0.2) is 0 Å². The van der Waals surface area contributed by atoms with Crippen LogP contribution in [-0.4, -0.2) is 13.3 Å². The van der Waals surface area contributed by atoms with E-state index in [9.17, 15) is 0 Å². The predicted molar refractivity (Wildman–Crippen MR) is 44.8 cm³/mol. The Morgan fingerprint density at radius 3 is 1.46 bits per heavy atom. The van der Waals surface area contributed by atoms with Crippen molar-refractivity contribution in [3.05, 3.63) is 30.3 Å². The SMILES string of the molecule is CP(C)c1ccccc1.[Au+3].[Cl-].[Cl-].[Cl-]. The van der Waals surface area contributed by atoms with Crippen molar-refractivity contribution >= 4 is 13.2 Å². The third kappa shape index (κ3) is 9.56. The van der Waals surface area contributed by atoms with Crippen molar-refractivity contribution in [2.24, 2.45) is 0 Å². The Morgan fingerprint density at radius 2 is 1.23 bits per heavy atom. The maximum Gasteiger partial charge on any atom is 3.00 e. The minimum atomic E-state index is 0. The van der Waals surface area contributed by atoms with Gasteiger partial charge in [-0.1, -0.05) is 38.3 Å². The van der Waals surface area contributed by atoms with Crippen LogP contribution in [0.25, 0.3) is 0 Å². The molecule has 0 N–H and O–H groups in total. The Kier molecular flexibility index (Phi) is 24.3. The van der Waals surface area contributed by atoms with Crippen molar-refractivity contribution in [3.8, 4) is 0 Å². The van der Waals surface area contributed by atoms with E-state index in [0.29, 0.717) is 0 Å². The van der Waals surface area contributed by atoms with Gasteiger partial charge in [0.1, 0.15) is 0 Å². The summed E-state index contributed by atoms with van der Waals surface area (Å²) in [6.45, 7) is 4.54. The van der Waals surface area contributed by atoms with Crippen molar-refractivity contribution in [2.45, 2.75) is 0 Å². The summed E-state index contributed by atoms with van der Waals surface area (Å²) in [5.41, 5.74) is 0. The second kappa shape index (κ2) is 13.3. The molecule has 0 heterocycles. The van der Waals surface area contributed by atoms with Crippen LogP contribution in [0.15, 0.2) is 30.3 Å². The molecule has 0 atom stereocenters. The van der Waals surface area contributed by atoms with E-state index in [-0.39, 0.29) is 67.5 Å². The van der Waals surface area contributed by atoms with Crippen molar-refractivity contribution in [3.63, 3.8) is 0 Å². The largest absolute Gasteiger partial charge is 3.00 e. The smallest absolute Gasteiger partial charge is 1.00 e. The molecule has 0 bridgehead atoms. The Balaban J connectivity index is -0.000000101. The van der Waals surface area contributed by atoms with E-state index in [0.717, 1.165) is 0 Å². The van der Waals surface area contributed by atoms with Crippen molar-refractivity contribution in [1.82, 2.24) is 0 Å². The molecule has 5 heteroatoms. The molecule has 0 spiro atoms. The molecule has 0 aliphatic carbocycles. The maximum atomic E-state index is 2.27. The molecule has 1 aromatic rings. The average Bonchev–Trinajstić information content (AvgIpc) is 1.90. The van der Waals surface area contributed by atoms with Gasteiger partial charge < -0.3 is 37.2 Å². The summed E-state index contributed by atoms with van der Waals surface area (Å²) in [6, 6.07) is 10.6. The van der Waals surface area contributed by atoms with Crippen LogP contribution >= 0.6 is 7.92 Å². The fourth-order valence-corrected chi connectivity index (χ4v) is 1.49. The van der Waals surface area contributed by atoms with Crippen LogP contribution in [0.4, 0.5) is 0 Å². The van der Waals surface area contributed by atoms with Crippen LogP contribution in [-0.2, 0) is 22.4 Å². The Hall–Kier alpha value is 1.26. The predicted octanol–water partition coefficient (Wildman–Crippen LogP) is -6.94. The van der Waals surface area contributed by atoms with Crippen LogP contribution in [0.1, 0.15) is 0 Å². The Labute approximate surface area is 116 Å². The molecular formula is C8H11AuCl3P. The first-order chi connectivity index (χ1) is 4.30. The normalized spacial score (nSPS) is 7.00. The van der Waals surface area contributed by atoms with Gasteiger partial charge >= 0.3 is 22.4 Å². The summed E-state index contributed by atoms with van der Waals surface area (Å²) in [4.78, 5) is 0. The van der Waals surface area contributed by atoms with Gasteiger partial charge in [-0.3, -0.25) is 0 Å². The molecule has 0 aliphatic heterocycles. The third-order valence-electron chi connectivity index (χ3n) is 1.27. The minimum absolute atomic E-state index is 0. The number of hydrogen-bond acceptors (Lipinski definition) is 0. The third-order valence-corrected chi connectivity index (χ3v) is 2.60.